The van der Waals surface area contributed by atoms with Crippen molar-refractivity contribution in [2.24, 2.45) is 0 Å². The Morgan fingerprint density at radius 3 is 1.45 bits per heavy atom. The molecule has 0 aromatic rings. The van der Waals surface area contributed by atoms with Gasteiger partial charge >= 0.3 is 5.97 Å². The second-order valence-electron chi connectivity index (χ2n) is 13.2. The number of hydrogen-bond donors (Lipinski definition) is 4. The summed E-state index contributed by atoms with van der Waals surface area (Å²) in [5, 5.41) is 60.2. The number of aliphatic hydroxyl groups is 2. The maximum absolute atomic E-state index is 12.7. The Morgan fingerprint density at radius 1 is 0.698 bits per heavy atom. The van der Waals surface area contributed by atoms with Gasteiger partial charge in [-0.3, -0.25) is 33.7 Å². The monoisotopic (exact) mass is 751 g/mol. The van der Waals surface area contributed by atoms with Gasteiger partial charge in [0.1, 0.15) is 18.1 Å². The molecule has 1 fully saturated rings. The summed E-state index contributed by atoms with van der Waals surface area (Å²) >= 11 is 0. The van der Waals surface area contributed by atoms with Crippen LogP contribution in [0.15, 0.2) is 34.9 Å². The van der Waals surface area contributed by atoms with E-state index in [1.807, 2.05) is 0 Å². The molecule has 300 valence electrons. The summed E-state index contributed by atoms with van der Waals surface area (Å²) in [7, 11) is 3.34. The van der Waals surface area contributed by atoms with Crippen LogP contribution < -0.4 is 10.6 Å². The molecule has 1 aliphatic rings. The van der Waals surface area contributed by atoms with Crippen LogP contribution in [0.1, 0.15) is 78.6 Å². The van der Waals surface area contributed by atoms with Crippen LogP contribution in [0.2, 0.25) is 0 Å². The minimum atomic E-state index is -0.914. The van der Waals surface area contributed by atoms with Gasteiger partial charge in [-0.15, -0.1) is 0 Å². The molecule has 1 heterocycles. The molecule has 0 aromatic carbocycles. The fourth-order valence-electron chi connectivity index (χ4n) is 5.13. The molecule has 4 N–H and O–H groups in total. The van der Waals surface area contributed by atoms with Crippen molar-refractivity contribution < 1.29 is 43.7 Å². The third-order valence-corrected chi connectivity index (χ3v) is 8.31. The van der Waals surface area contributed by atoms with Gasteiger partial charge in [0.25, 0.3) is 0 Å². The number of hydroxylamine groups is 6. The van der Waals surface area contributed by atoms with Gasteiger partial charge in [-0.05, 0) is 86.2 Å². The Morgan fingerprint density at radius 2 is 1.08 bits per heavy atom. The summed E-state index contributed by atoms with van der Waals surface area (Å²) in [6.07, 6.45) is 5.14. The Kier molecular flexibility index (Phi) is 22.0. The molecule has 0 saturated carbocycles. The lowest BCUT2D eigenvalue weighted by atomic mass is 10.0. The minimum Gasteiger partial charge on any atom is -0.756 e. The first-order valence-electron chi connectivity index (χ1n) is 17.6. The standard InChI is InChI=1S/C35H55N6O12/c1-24(12-18-42)21-30(44)39(50)15-6-9-27-33(47)37-28(34(48)36-27)10-7-16-40(51)32(46)23-26(3)14-20-53-35(49)29(38(4)5)11-8-17-41(52)31(45)22-25(2)13-19-43/h21-23,27-29,42-43H,6-20H2,1-5H3,(H,36,48)(H,37,47)/q-3/b24-21-,25-22+,26-23-. The van der Waals surface area contributed by atoms with Crippen molar-refractivity contribution in [3.05, 3.63) is 50.6 Å². The number of rotatable bonds is 24. The number of carbonyl (C=O) groups excluding carboxylic acids is 6. The fourth-order valence-corrected chi connectivity index (χ4v) is 5.13. The van der Waals surface area contributed by atoms with Crippen molar-refractivity contribution in [1.82, 2.24) is 30.7 Å². The highest BCUT2D eigenvalue weighted by Crippen LogP contribution is 2.12. The molecule has 0 radical (unpaired) electrons. The lowest BCUT2D eigenvalue weighted by molar-refractivity contribution is -0.149. The third kappa shape index (κ3) is 18.4. The summed E-state index contributed by atoms with van der Waals surface area (Å²) in [6.45, 7) is 3.96. The zero-order valence-electron chi connectivity index (χ0n) is 31.3. The van der Waals surface area contributed by atoms with Crippen molar-refractivity contribution in [3.63, 3.8) is 0 Å². The molecule has 3 atom stereocenters. The van der Waals surface area contributed by atoms with Crippen molar-refractivity contribution >= 4 is 35.5 Å². The van der Waals surface area contributed by atoms with Gasteiger partial charge in [-0.1, -0.05) is 16.7 Å². The highest BCUT2D eigenvalue weighted by molar-refractivity contribution is 5.97. The van der Waals surface area contributed by atoms with Gasteiger partial charge in [0.2, 0.25) is 29.5 Å². The highest BCUT2D eigenvalue weighted by atomic mass is 16.5. The van der Waals surface area contributed by atoms with E-state index < -0.39 is 53.6 Å². The van der Waals surface area contributed by atoms with Crippen LogP contribution in [0.4, 0.5) is 0 Å². The topological polar surface area (TPSA) is 258 Å². The van der Waals surface area contributed by atoms with E-state index >= 15 is 0 Å². The summed E-state index contributed by atoms with van der Waals surface area (Å²) in [5.41, 5.74) is 1.62. The van der Waals surface area contributed by atoms with E-state index in [0.717, 1.165) is 12.2 Å². The molecule has 0 aromatic heterocycles. The number of amides is 5. The van der Waals surface area contributed by atoms with Crippen molar-refractivity contribution in [2.75, 3.05) is 53.6 Å². The van der Waals surface area contributed by atoms with Crippen LogP contribution >= 0.6 is 0 Å². The zero-order valence-corrected chi connectivity index (χ0v) is 31.3. The molecule has 53 heavy (non-hydrogen) atoms. The molecular weight excluding hydrogens is 696 g/mol. The predicted octanol–water partition coefficient (Wildman–Crippen LogP) is 0.757. The van der Waals surface area contributed by atoms with Crippen molar-refractivity contribution in [2.45, 2.75) is 96.7 Å². The number of aliphatic hydroxyl groups excluding tert-OH is 2. The first-order valence-corrected chi connectivity index (χ1v) is 17.6. The van der Waals surface area contributed by atoms with E-state index in [-0.39, 0.29) is 107 Å². The number of nitrogens with one attached hydrogen (secondary N) is 2. The maximum atomic E-state index is 12.7. The Hall–Kier alpha value is -4.20. The quantitative estimate of drug-likeness (QED) is 0.0604. The summed E-state index contributed by atoms with van der Waals surface area (Å²) in [5.74, 6) is -3.83. The SMILES string of the molecule is C/C(=C/C(=O)N([O-])CCCC1NC(=O)C(CCCN([O-])C(=O)/C=C(/C)CCOC(=O)C(CCCN([O-])C(=O)/C=C(\C)CCO)N(C)C)NC1=O)CCO. The van der Waals surface area contributed by atoms with Gasteiger partial charge in [0.15, 0.2) is 0 Å². The van der Waals surface area contributed by atoms with E-state index in [1.165, 1.54) is 6.08 Å². The first kappa shape index (κ1) is 46.8. The Bertz CT molecular complexity index is 1330. The minimum absolute atomic E-state index is 0.0635. The van der Waals surface area contributed by atoms with Crippen molar-refractivity contribution in [1.29, 1.82) is 0 Å². The van der Waals surface area contributed by atoms with Gasteiger partial charge in [0.05, 0.1) is 6.61 Å². The summed E-state index contributed by atoms with van der Waals surface area (Å²) < 4.78 is 5.36. The molecule has 18 nitrogen and oxygen atoms in total. The van der Waals surface area contributed by atoms with Crippen molar-refractivity contribution in [3.8, 4) is 0 Å². The van der Waals surface area contributed by atoms with Crippen LogP contribution in [0.5, 0.6) is 0 Å². The molecule has 18 heteroatoms. The lowest BCUT2D eigenvalue weighted by Crippen LogP contribution is -2.61. The van der Waals surface area contributed by atoms with Crippen LogP contribution in [-0.4, -0.2) is 137 Å². The highest BCUT2D eigenvalue weighted by Gasteiger charge is 2.33. The van der Waals surface area contributed by atoms with Gasteiger partial charge in [-0.25, -0.2) is 0 Å². The normalized spacial score (nSPS) is 17.2. The summed E-state index contributed by atoms with van der Waals surface area (Å²) in [6, 6.07) is -2.49. The molecule has 3 unspecified atom stereocenters. The van der Waals surface area contributed by atoms with E-state index in [0.29, 0.717) is 21.8 Å². The van der Waals surface area contributed by atoms with Gasteiger partial charge < -0.3 is 56.4 Å². The number of nitrogens with zero attached hydrogens (tertiary/aromatic N) is 4. The molecular formula is C35H55N6O12-3. The van der Waals surface area contributed by atoms with E-state index in [9.17, 15) is 44.4 Å². The predicted molar refractivity (Wildman–Crippen MR) is 195 cm³/mol. The van der Waals surface area contributed by atoms with E-state index in [4.69, 9.17) is 14.9 Å². The number of ether oxygens (including phenoxy) is 1. The molecule has 0 bridgehead atoms. The number of carbonyl (C=O) groups is 6. The van der Waals surface area contributed by atoms with E-state index in [1.54, 1.807) is 39.8 Å². The second kappa shape index (κ2) is 24.9. The van der Waals surface area contributed by atoms with Crippen LogP contribution in [-0.2, 0) is 33.5 Å². The number of piperazine rings is 1. The number of hydrogen-bond acceptors (Lipinski definition) is 13. The maximum Gasteiger partial charge on any atom is 0.323 e. The first-order chi connectivity index (χ1) is 25.0. The van der Waals surface area contributed by atoms with Crippen LogP contribution in [0, 0.1) is 15.6 Å². The largest absolute Gasteiger partial charge is 0.756 e. The second-order valence-corrected chi connectivity index (χ2v) is 13.2. The smallest absolute Gasteiger partial charge is 0.323 e. The van der Waals surface area contributed by atoms with Crippen LogP contribution in [0.3, 0.4) is 0 Å². The average Bonchev–Trinajstić information content (AvgIpc) is 3.08. The molecule has 1 saturated heterocycles. The molecule has 0 aliphatic carbocycles. The van der Waals surface area contributed by atoms with Gasteiger partial charge in [0, 0.05) is 57.5 Å². The molecule has 5 amide bonds. The summed E-state index contributed by atoms with van der Waals surface area (Å²) in [4.78, 5) is 75.7. The number of likely N-dealkylation sites (N-methyl/N-ethyl adjacent to an activating group) is 1. The lowest BCUT2D eigenvalue weighted by Gasteiger charge is -2.32. The Balaban J connectivity index is 2.43. The molecule has 1 aliphatic heterocycles. The Labute approximate surface area is 310 Å². The van der Waals surface area contributed by atoms with Gasteiger partial charge in [-0.2, -0.15) is 0 Å². The zero-order chi connectivity index (χ0) is 40.1. The average molecular weight is 752 g/mol. The third-order valence-electron chi connectivity index (χ3n) is 8.31. The fraction of sp³-hybridized carbons (Fsp3) is 0.657. The molecule has 1 rings (SSSR count). The molecule has 0 spiro atoms. The van der Waals surface area contributed by atoms with Crippen LogP contribution in [0.25, 0.3) is 0 Å². The number of esters is 1. The van der Waals surface area contributed by atoms with E-state index in [2.05, 4.69) is 10.6 Å².